The van der Waals surface area contributed by atoms with Gasteiger partial charge in [0.25, 0.3) is 0 Å². The number of benzene rings is 1. The highest BCUT2D eigenvalue weighted by Gasteiger charge is 2.30. The van der Waals surface area contributed by atoms with Crippen LogP contribution in [-0.2, 0) is 0 Å². The Morgan fingerprint density at radius 1 is 1.40 bits per heavy atom. The summed E-state index contributed by atoms with van der Waals surface area (Å²) in [5.41, 5.74) is 0.174. The summed E-state index contributed by atoms with van der Waals surface area (Å²) >= 11 is 6.83. The molecular formula is C14H18BrF2NS2. The molecular weight excluding hydrogens is 364 g/mol. The van der Waals surface area contributed by atoms with E-state index >= 15 is 0 Å². The molecule has 1 fully saturated rings. The number of hydrogen-bond acceptors (Lipinski definition) is 3. The first-order valence-electron chi connectivity index (χ1n) is 6.71. The smallest absolute Gasteiger partial charge is 0.145 e. The Bertz CT molecular complexity index is 453. The third-order valence-corrected chi connectivity index (χ3v) is 6.69. The molecule has 0 radical (unpaired) electrons. The molecule has 2 unspecified atom stereocenters. The van der Waals surface area contributed by atoms with Gasteiger partial charge in [0.2, 0.25) is 0 Å². The monoisotopic (exact) mass is 381 g/mol. The first-order valence-corrected chi connectivity index (χ1v) is 9.71. The van der Waals surface area contributed by atoms with Crippen LogP contribution in [0.4, 0.5) is 8.78 Å². The lowest BCUT2D eigenvalue weighted by Gasteiger charge is -2.31. The topological polar surface area (TPSA) is 12.0 Å². The Hall–Kier alpha value is 0.220. The number of thioether (sulfide) groups is 2. The number of nitrogens with one attached hydrogen (secondary N) is 1. The minimum absolute atomic E-state index is 0.174. The largest absolute Gasteiger partial charge is 0.309 e. The van der Waals surface area contributed by atoms with Crippen molar-refractivity contribution in [3.63, 3.8) is 0 Å². The van der Waals surface area contributed by atoms with E-state index in [4.69, 9.17) is 0 Å². The molecule has 1 aromatic carbocycles. The van der Waals surface area contributed by atoms with Crippen LogP contribution < -0.4 is 5.32 Å². The maximum Gasteiger partial charge on any atom is 0.145 e. The van der Waals surface area contributed by atoms with Crippen LogP contribution in [0.5, 0.6) is 0 Å². The summed E-state index contributed by atoms with van der Waals surface area (Å²) < 4.78 is 28.8. The van der Waals surface area contributed by atoms with Gasteiger partial charge in [-0.1, -0.05) is 6.92 Å². The standard InChI is InChI=1S/C14H18BrF2NS2/c1-2-5-18-14(11-8-19-6-7-20-11)12-10(16)4-3-9(15)13(12)17/h3-4,11,14,18H,2,5-8H2,1H3. The molecule has 112 valence electrons. The van der Waals surface area contributed by atoms with Gasteiger partial charge in [-0.2, -0.15) is 23.5 Å². The minimum atomic E-state index is -0.477. The molecule has 1 aliphatic heterocycles. The van der Waals surface area contributed by atoms with Gasteiger partial charge in [0.15, 0.2) is 0 Å². The van der Waals surface area contributed by atoms with E-state index in [-0.39, 0.29) is 16.9 Å². The summed E-state index contributed by atoms with van der Waals surface area (Å²) in [4.78, 5) is 0. The van der Waals surface area contributed by atoms with Gasteiger partial charge < -0.3 is 5.32 Å². The normalized spacial score (nSPS) is 20.9. The van der Waals surface area contributed by atoms with Crippen LogP contribution in [0.3, 0.4) is 0 Å². The quantitative estimate of drug-likeness (QED) is 0.747. The predicted molar refractivity (Wildman–Crippen MR) is 88.7 cm³/mol. The van der Waals surface area contributed by atoms with Gasteiger partial charge in [0, 0.05) is 28.1 Å². The molecule has 0 saturated carbocycles. The van der Waals surface area contributed by atoms with Crippen LogP contribution in [-0.4, -0.2) is 29.1 Å². The Labute approximate surface area is 135 Å². The van der Waals surface area contributed by atoms with Crippen molar-refractivity contribution in [2.45, 2.75) is 24.6 Å². The van der Waals surface area contributed by atoms with Gasteiger partial charge in [-0.05, 0) is 41.0 Å². The molecule has 1 saturated heterocycles. The van der Waals surface area contributed by atoms with E-state index in [1.807, 2.05) is 23.5 Å². The van der Waals surface area contributed by atoms with Crippen LogP contribution in [0, 0.1) is 11.6 Å². The molecule has 0 aromatic heterocycles. The Kier molecular flexibility index (Phi) is 6.65. The second-order valence-corrected chi connectivity index (χ2v) is 8.02. The van der Waals surface area contributed by atoms with E-state index in [9.17, 15) is 8.78 Å². The van der Waals surface area contributed by atoms with Gasteiger partial charge in [-0.15, -0.1) is 0 Å². The highest BCUT2D eigenvalue weighted by molar-refractivity contribution is 9.10. The molecule has 0 bridgehead atoms. The number of hydrogen-bond donors (Lipinski definition) is 1. The van der Waals surface area contributed by atoms with Crippen molar-refractivity contribution in [2.24, 2.45) is 0 Å². The lowest BCUT2D eigenvalue weighted by Crippen LogP contribution is -2.35. The van der Waals surface area contributed by atoms with Gasteiger partial charge in [-0.3, -0.25) is 0 Å². The zero-order valence-electron chi connectivity index (χ0n) is 11.3. The molecule has 0 amide bonds. The maximum atomic E-state index is 14.4. The summed E-state index contributed by atoms with van der Waals surface area (Å²) in [6.45, 7) is 2.82. The van der Waals surface area contributed by atoms with E-state index < -0.39 is 11.6 Å². The third-order valence-electron chi connectivity index (χ3n) is 3.22. The molecule has 2 atom stereocenters. The fourth-order valence-corrected chi connectivity index (χ4v) is 5.44. The highest BCUT2D eigenvalue weighted by Crippen LogP contribution is 2.37. The SMILES string of the molecule is CCCNC(c1c(F)ccc(Br)c1F)C1CSCCS1. The lowest BCUT2D eigenvalue weighted by atomic mass is 10.0. The van der Waals surface area contributed by atoms with Crippen LogP contribution in [0.15, 0.2) is 16.6 Å². The minimum Gasteiger partial charge on any atom is -0.309 e. The van der Waals surface area contributed by atoms with Gasteiger partial charge in [0.05, 0.1) is 10.5 Å². The van der Waals surface area contributed by atoms with Crippen LogP contribution in [0.2, 0.25) is 0 Å². The van der Waals surface area contributed by atoms with Crippen LogP contribution in [0.1, 0.15) is 24.9 Å². The Morgan fingerprint density at radius 3 is 2.85 bits per heavy atom. The molecule has 0 spiro atoms. The van der Waals surface area contributed by atoms with E-state index in [0.717, 1.165) is 30.2 Å². The van der Waals surface area contributed by atoms with Crippen molar-refractivity contribution >= 4 is 39.5 Å². The molecule has 1 nitrogen and oxygen atoms in total. The van der Waals surface area contributed by atoms with E-state index in [2.05, 4.69) is 28.2 Å². The van der Waals surface area contributed by atoms with Crippen LogP contribution >= 0.6 is 39.5 Å². The summed E-state index contributed by atoms with van der Waals surface area (Å²) in [7, 11) is 0. The molecule has 1 aliphatic rings. The Morgan fingerprint density at radius 2 is 2.20 bits per heavy atom. The first kappa shape index (κ1) is 16.6. The third kappa shape index (κ3) is 3.90. The summed E-state index contributed by atoms with van der Waals surface area (Å²) in [6, 6.07) is 2.49. The fraction of sp³-hybridized carbons (Fsp3) is 0.571. The molecule has 20 heavy (non-hydrogen) atoms. The highest BCUT2D eigenvalue weighted by atomic mass is 79.9. The summed E-state index contributed by atoms with van der Waals surface area (Å²) in [5, 5.41) is 3.54. The second-order valence-electron chi connectivity index (χ2n) is 4.67. The number of rotatable bonds is 5. The van der Waals surface area contributed by atoms with Crippen molar-refractivity contribution in [1.29, 1.82) is 0 Å². The van der Waals surface area contributed by atoms with E-state index in [1.165, 1.54) is 12.1 Å². The molecule has 1 heterocycles. The summed E-state index contributed by atoms with van der Waals surface area (Å²) in [6.07, 6.45) is 0.943. The van der Waals surface area contributed by atoms with Crippen LogP contribution in [0.25, 0.3) is 0 Å². The summed E-state index contributed by atoms with van der Waals surface area (Å²) in [5.74, 6) is 2.14. The van der Waals surface area contributed by atoms with Gasteiger partial charge >= 0.3 is 0 Å². The second kappa shape index (κ2) is 8.01. The number of halogens is 3. The first-order chi connectivity index (χ1) is 9.65. The average molecular weight is 382 g/mol. The predicted octanol–water partition coefficient (Wildman–Crippen LogP) is 4.62. The van der Waals surface area contributed by atoms with E-state index in [0.29, 0.717) is 4.47 Å². The molecule has 2 rings (SSSR count). The van der Waals surface area contributed by atoms with E-state index in [1.54, 1.807) is 0 Å². The maximum absolute atomic E-state index is 14.4. The van der Waals surface area contributed by atoms with Crippen molar-refractivity contribution < 1.29 is 8.78 Å². The van der Waals surface area contributed by atoms with Gasteiger partial charge in [-0.25, -0.2) is 8.78 Å². The van der Waals surface area contributed by atoms with Crippen molar-refractivity contribution in [3.8, 4) is 0 Å². The van der Waals surface area contributed by atoms with Gasteiger partial charge in [0.1, 0.15) is 11.6 Å². The molecule has 0 aliphatic carbocycles. The zero-order valence-corrected chi connectivity index (χ0v) is 14.5. The average Bonchev–Trinajstić information content (AvgIpc) is 2.47. The Balaban J connectivity index is 2.32. The van der Waals surface area contributed by atoms with Crippen molar-refractivity contribution in [3.05, 3.63) is 33.8 Å². The zero-order chi connectivity index (χ0) is 14.5. The lowest BCUT2D eigenvalue weighted by molar-refractivity contribution is 0.463. The fourth-order valence-electron chi connectivity index (χ4n) is 2.25. The van der Waals surface area contributed by atoms with Crippen molar-refractivity contribution in [2.75, 3.05) is 23.8 Å². The van der Waals surface area contributed by atoms with Crippen molar-refractivity contribution in [1.82, 2.24) is 5.32 Å². The molecule has 1 aromatic rings. The molecule has 6 heteroatoms. The molecule has 1 N–H and O–H groups in total.